The number of ether oxygens (including phenoxy) is 1. The van der Waals surface area contributed by atoms with Crippen molar-refractivity contribution in [3.8, 4) is 5.75 Å². The number of benzene rings is 1. The van der Waals surface area contributed by atoms with Crippen LogP contribution in [0.1, 0.15) is 20.3 Å². The number of hydrogen-bond donors (Lipinski definition) is 1. The van der Waals surface area contributed by atoms with Crippen LogP contribution in [0.25, 0.3) is 0 Å². The monoisotopic (exact) mass is 282 g/mol. The first-order chi connectivity index (χ1) is 9.40. The third-order valence-electron chi connectivity index (χ3n) is 3.03. The molecule has 0 bridgehead atoms. The Morgan fingerprint density at radius 3 is 2.65 bits per heavy atom. The van der Waals surface area contributed by atoms with Crippen LogP contribution in [0, 0.1) is 10.1 Å². The molecule has 1 unspecified atom stereocenters. The normalized spacial score (nSPS) is 11.8. The van der Waals surface area contributed by atoms with Gasteiger partial charge in [0.2, 0.25) is 0 Å². The first kappa shape index (κ1) is 15.7. The number of nitrogens with zero attached hydrogens (tertiary/aromatic N) is 2. The molecule has 7 heteroatoms. The Hall–Kier alpha value is -2.31. The highest BCUT2D eigenvalue weighted by atomic mass is 16.6. The molecule has 7 nitrogen and oxygen atoms in total. The molecule has 0 amide bonds. The van der Waals surface area contributed by atoms with Crippen LogP contribution in [0.4, 0.5) is 11.4 Å². The van der Waals surface area contributed by atoms with E-state index in [1.54, 1.807) is 24.0 Å². The number of carboxylic acids is 1. The Morgan fingerprint density at radius 2 is 2.20 bits per heavy atom. The van der Waals surface area contributed by atoms with Gasteiger partial charge in [0.25, 0.3) is 5.69 Å². The van der Waals surface area contributed by atoms with Gasteiger partial charge in [-0.25, -0.2) is 0 Å². The molecule has 1 aromatic carbocycles. The summed E-state index contributed by atoms with van der Waals surface area (Å²) < 4.78 is 4.98. The van der Waals surface area contributed by atoms with Crippen molar-refractivity contribution in [2.45, 2.75) is 26.3 Å². The maximum atomic E-state index is 11.2. The summed E-state index contributed by atoms with van der Waals surface area (Å²) in [5, 5.41) is 20.0. The van der Waals surface area contributed by atoms with Crippen molar-refractivity contribution in [1.29, 1.82) is 0 Å². The Kier molecular flexibility index (Phi) is 5.31. The van der Waals surface area contributed by atoms with E-state index >= 15 is 0 Å². The van der Waals surface area contributed by atoms with E-state index in [0.29, 0.717) is 18.0 Å². The van der Waals surface area contributed by atoms with E-state index in [1.807, 2.05) is 6.92 Å². The Labute approximate surface area is 116 Å². The zero-order valence-electron chi connectivity index (χ0n) is 11.7. The van der Waals surface area contributed by atoms with Crippen LogP contribution in [-0.2, 0) is 4.79 Å². The van der Waals surface area contributed by atoms with Gasteiger partial charge < -0.3 is 14.7 Å². The maximum absolute atomic E-state index is 11.2. The Balaban J connectivity index is 3.20. The van der Waals surface area contributed by atoms with E-state index in [2.05, 4.69) is 0 Å². The summed E-state index contributed by atoms with van der Waals surface area (Å²) in [5.74, 6) is -0.547. The van der Waals surface area contributed by atoms with E-state index in [0.717, 1.165) is 0 Å². The molecule has 0 fully saturated rings. The van der Waals surface area contributed by atoms with Crippen LogP contribution >= 0.6 is 0 Å². The van der Waals surface area contributed by atoms with Crippen molar-refractivity contribution in [3.63, 3.8) is 0 Å². The number of carboxylic acid groups (broad SMARTS) is 1. The van der Waals surface area contributed by atoms with Gasteiger partial charge in [-0.05, 0) is 26.0 Å². The molecule has 0 aliphatic rings. The minimum absolute atomic E-state index is 0.0863. The molecule has 0 saturated heterocycles. The van der Waals surface area contributed by atoms with Gasteiger partial charge in [-0.2, -0.15) is 0 Å². The number of methoxy groups -OCH3 is 1. The smallest absolute Gasteiger partial charge is 0.305 e. The van der Waals surface area contributed by atoms with Crippen molar-refractivity contribution in [3.05, 3.63) is 28.3 Å². The van der Waals surface area contributed by atoms with Crippen molar-refractivity contribution >= 4 is 17.3 Å². The second-order valence-corrected chi connectivity index (χ2v) is 4.34. The fraction of sp³-hybridized carbons (Fsp3) is 0.462. The van der Waals surface area contributed by atoms with Gasteiger partial charge in [-0.3, -0.25) is 14.9 Å². The largest absolute Gasteiger partial charge is 0.496 e. The highest BCUT2D eigenvalue weighted by Gasteiger charge is 2.24. The third kappa shape index (κ3) is 3.59. The molecular weight excluding hydrogens is 264 g/mol. The molecule has 0 aliphatic heterocycles. The van der Waals surface area contributed by atoms with Crippen LogP contribution in [0.2, 0.25) is 0 Å². The topological polar surface area (TPSA) is 92.9 Å². The summed E-state index contributed by atoms with van der Waals surface area (Å²) in [5.41, 5.74) is 0.301. The first-order valence-electron chi connectivity index (χ1n) is 6.21. The first-order valence-corrected chi connectivity index (χ1v) is 6.21. The molecule has 0 radical (unpaired) electrons. The molecule has 110 valence electrons. The molecule has 0 aromatic heterocycles. The van der Waals surface area contributed by atoms with Gasteiger partial charge in [0.1, 0.15) is 11.4 Å². The summed E-state index contributed by atoms with van der Waals surface area (Å²) in [4.78, 5) is 23.2. The molecule has 1 rings (SSSR count). The average Bonchev–Trinajstić information content (AvgIpc) is 2.38. The van der Waals surface area contributed by atoms with Crippen LogP contribution in [0.15, 0.2) is 18.2 Å². The zero-order chi connectivity index (χ0) is 15.3. The molecule has 1 atom stereocenters. The minimum Gasteiger partial charge on any atom is -0.496 e. The van der Waals surface area contributed by atoms with E-state index in [1.165, 1.54) is 13.2 Å². The van der Waals surface area contributed by atoms with Gasteiger partial charge in [0.05, 0.1) is 24.5 Å². The molecule has 1 aromatic rings. The predicted molar refractivity (Wildman–Crippen MR) is 74.4 cm³/mol. The molecular formula is C13H18N2O5. The maximum Gasteiger partial charge on any atom is 0.305 e. The number of aliphatic carboxylic acids is 1. The predicted octanol–water partition coefficient (Wildman–Crippen LogP) is 2.29. The van der Waals surface area contributed by atoms with Gasteiger partial charge in [0, 0.05) is 12.6 Å². The van der Waals surface area contributed by atoms with Crippen LogP contribution in [0.5, 0.6) is 5.75 Å². The van der Waals surface area contributed by atoms with Gasteiger partial charge in [0.15, 0.2) is 0 Å². The molecule has 0 aliphatic carbocycles. The van der Waals surface area contributed by atoms with Crippen LogP contribution in [-0.4, -0.2) is 35.7 Å². The van der Waals surface area contributed by atoms with Crippen molar-refractivity contribution in [1.82, 2.24) is 0 Å². The lowest BCUT2D eigenvalue weighted by Gasteiger charge is -2.28. The molecule has 0 saturated carbocycles. The molecule has 0 heterocycles. The van der Waals surface area contributed by atoms with E-state index in [9.17, 15) is 14.9 Å². The summed E-state index contributed by atoms with van der Waals surface area (Å²) in [7, 11) is 1.43. The van der Waals surface area contributed by atoms with E-state index in [-0.39, 0.29) is 18.2 Å². The van der Waals surface area contributed by atoms with E-state index < -0.39 is 10.9 Å². The average molecular weight is 282 g/mol. The summed E-state index contributed by atoms with van der Waals surface area (Å²) in [6, 6.07) is 4.20. The number of nitro groups is 1. The van der Waals surface area contributed by atoms with E-state index in [4.69, 9.17) is 9.84 Å². The van der Waals surface area contributed by atoms with Crippen LogP contribution in [0.3, 0.4) is 0 Å². The van der Waals surface area contributed by atoms with Crippen molar-refractivity contribution in [2.75, 3.05) is 18.6 Å². The number of anilines is 1. The molecule has 20 heavy (non-hydrogen) atoms. The van der Waals surface area contributed by atoms with Gasteiger partial charge in [-0.15, -0.1) is 0 Å². The fourth-order valence-corrected chi connectivity index (χ4v) is 2.10. The number of rotatable bonds is 7. The number of nitro benzene ring substituents is 1. The lowest BCUT2D eigenvalue weighted by Crippen LogP contribution is -2.35. The Bertz CT molecular complexity index is 504. The van der Waals surface area contributed by atoms with Gasteiger partial charge >= 0.3 is 5.97 Å². The van der Waals surface area contributed by atoms with Crippen molar-refractivity contribution < 1.29 is 19.6 Å². The Morgan fingerprint density at radius 1 is 1.55 bits per heavy atom. The summed E-state index contributed by atoms with van der Waals surface area (Å²) >= 11 is 0. The van der Waals surface area contributed by atoms with Gasteiger partial charge in [-0.1, -0.05) is 0 Å². The number of hydrogen-bond acceptors (Lipinski definition) is 5. The quantitative estimate of drug-likeness (QED) is 0.609. The highest BCUT2D eigenvalue weighted by molar-refractivity contribution is 5.70. The fourth-order valence-electron chi connectivity index (χ4n) is 2.10. The minimum atomic E-state index is -0.938. The van der Waals surface area contributed by atoms with Crippen molar-refractivity contribution in [2.24, 2.45) is 0 Å². The second kappa shape index (κ2) is 6.74. The zero-order valence-corrected chi connectivity index (χ0v) is 11.7. The van der Waals surface area contributed by atoms with Crippen LogP contribution < -0.4 is 9.64 Å². The summed E-state index contributed by atoms with van der Waals surface area (Å²) in [6.07, 6.45) is -0.0863. The SMILES string of the molecule is CCN(c1ccc(OC)cc1[N+](=O)[O-])C(C)CC(=O)O. The molecule has 0 spiro atoms. The summed E-state index contributed by atoms with van der Waals surface area (Å²) in [6.45, 7) is 4.03. The standard InChI is InChI=1S/C13H18N2O5/c1-4-14(9(2)7-13(16)17)11-6-5-10(20-3)8-12(11)15(18)19/h5-6,8-9H,4,7H2,1-3H3,(H,16,17). The lowest BCUT2D eigenvalue weighted by atomic mass is 10.1. The number of carbonyl (C=O) groups is 1. The second-order valence-electron chi connectivity index (χ2n) is 4.34. The third-order valence-corrected chi connectivity index (χ3v) is 3.03. The highest BCUT2D eigenvalue weighted by Crippen LogP contribution is 2.33. The lowest BCUT2D eigenvalue weighted by molar-refractivity contribution is -0.384. The molecule has 1 N–H and O–H groups in total.